The number of benzene rings is 1. The number of aryl methyl sites for hydroxylation is 1. The fourth-order valence-electron chi connectivity index (χ4n) is 3.57. The molecule has 0 fully saturated rings. The molecule has 2 N–H and O–H groups in total. The van der Waals surface area contributed by atoms with Crippen molar-refractivity contribution in [3.63, 3.8) is 0 Å². The molecular weight excluding hydrogens is 372 g/mol. The fourth-order valence-corrected chi connectivity index (χ4v) is 5.59. The van der Waals surface area contributed by atoms with Gasteiger partial charge >= 0.3 is 0 Å². The molecule has 138 valence electrons. The van der Waals surface area contributed by atoms with E-state index in [9.17, 15) is 18.3 Å². The molecule has 1 aromatic heterocycles. The van der Waals surface area contributed by atoms with Gasteiger partial charge in [-0.15, -0.1) is 11.3 Å². The Hall–Kier alpha value is -1.74. The largest absolute Gasteiger partial charge is 0.383 e. The molecule has 0 unspecified atom stereocenters. The summed E-state index contributed by atoms with van der Waals surface area (Å²) in [6.07, 6.45) is 1.65. The molecule has 8 heteroatoms. The van der Waals surface area contributed by atoms with Crippen molar-refractivity contribution in [1.82, 2.24) is 4.72 Å². The number of nitrogens with one attached hydrogen (secondary N) is 1. The Morgan fingerprint density at radius 3 is 2.69 bits per heavy atom. The molecule has 0 saturated heterocycles. The summed E-state index contributed by atoms with van der Waals surface area (Å²) in [6, 6.07) is 6.91. The average Bonchev–Trinajstić information content (AvgIpc) is 3.27. The maximum atomic E-state index is 12.8. The van der Waals surface area contributed by atoms with Crippen molar-refractivity contribution in [3.05, 3.63) is 45.6 Å². The van der Waals surface area contributed by atoms with Crippen LogP contribution in [0.5, 0.6) is 0 Å². The first-order valence-electron chi connectivity index (χ1n) is 8.50. The van der Waals surface area contributed by atoms with Gasteiger partial charge in [0.25, 0.3) is 0 Å². The van der Waals surface area contributed by atoms with Gasteiger partial charge in [0.2, 0.25) is 15.9 Å². The number of nitrogens with zero attached hydrogens (tertiary/aromatic N) is 1. The number of hydrogen-bond donors (Lipinski definition) is 2. The second kappa shape index (κ2) is 6.16. The van der Waals surface area contributed by atoms with E-state index in [1.807, 2.05) is 11.4 Å². The molecule has 0 bridgehead atoms. The summed E-state index contributed by atoms with van der Waals surface area (Å²) < 4.78 is 28.1. The number of anilines is 1. The molecule has 2 aromatic rings. The van der Waals surface area contributed by atoms with E-state index in [1.165, 1.54) is 11.3 Å². The van der Waals surface area contributed by atoms with Gasteiger partial charge in [0.15, 0.2) is 0 Å². The van der Waals surface area contributed by atoms with Crippen molar-refractivity contribution in [2.75, 3.05) is 18.0 Å². The number of rotatable bonds is 5. The standard InChI is InChI=1S/C18H20N2O4S2/c1-18(22,15-3-2-8-25-15)11-19-26(23,24)14-9-12-4-5-16(21)20-7-6-13(10-14)17(12)20/h2-3,8-10,19,22H,4-7,11H2,1H3/t18-/m0/s1. The van der Waals surface area contributed by atoms with E-state index >= 15 is 0 Å². The Labute approximate surface area is 156 Å². The van der Waals surface area contributed by atoms with E-state index < -0.39 is 15.6 Å². The highest BCUT2D eigenvalue weighted by atomic mass is 32.2. The van der Waals surface area contributed by atoms with E-state index in [-0.39, 0.29) is 17.3 Å². The lowest BCUT2D eigenvalue weighted by atomic mass is 10.00. The predicted octanol–water partition coefficient (Wildman–Crippen LogP) is 1.77. The van der Waals surface area contributed by atoms with Crippen LogP contribution >= 0.6 is 11.3 Å². The van der Waals surface area contributed by atoms with Crippen LogP contribution in [0.25, 0.3) is 0 Å². The Morgan fingerprint density at radius 1 is 1.27 bits per heavy atom. The highest BCUT2D eigenvalue weighted by Gasteiger charge is 2.33. The number of hydrogen-bond acceptors (Lipinski definition) is 5. The second-order valence-electron chi connectivity index (χ2n) is 6.96. The minimum absolute atomic E-state index is 0.104. The predicted molar refractivity (Wildman–Crippen MR) is 99.9 cm³/mol. The summed E-state index contributed by atoms with van der Waals surface area (Å²) in [7, 11) is -3.75. The average molecular weight is 393 g/mol. The molecule has 2 aliphatic heterocycles. The zero-order valence-corrected chi connectivity index (χ0v) is 16.0. The van der Waals surface area contributed by atoms with Gasteiger partial charge < -0.3 is 10.0 Å². The lowest BCUT2D eigenvalue weighted by Gasteiger charge is -2.26. The van der Waals surface area contributed by atoms with Crippen LogP contribution in [0.15, 0.2) is 34.5 Å². The smallest absolute Gasteiger partial charge is 0.240 e. The molecular formula is C18H20N2O4S2. The third-order valence-corrected chi connectivity index (χ3v) is 7.50. The van der Waals surface area contributed by atoms with Crippen molar-refractivity contribution in [1.29, 1.82) is 0 Å². The molecule has 0 radical (unpaired) electrons. The minimum Gasteiger partial charge on any atom is -0.383 e. The summed E-state index contributed by atoms with van der Waals surface area (Å²) in [5.74, 6) is 0.108. The van der Waals surface area contributed by atoms with Crippen LogP contribution < -0.4 is 9.62 Å². The Morgan fingerprint density at radius 2 is 2.00 bits per heavy atom. The van der Waals surface area contributed by atoms with Crippen LogP contribution in [0, 0.1) is 0 Å². The van der Waals surface area contributed by atoms with E-state index in [1.54, 1.807) is 30.0 Å². The first-order chi connectivity index (χ1) is 12.3. The Bertz CT molecular complexity index is 965. The minimum atomic E-state index is -3.75. The van der Waals surface area contributed by atoms with Crippen LogP contribution in [0.2, 0.25) is 0 Å². The molecule has 6 nitrogen and oxygen atoms in total. The Kier molecular flexibility index (Phi) is 4.18. The van der Waals surface area contributed by atoms with Gasteiger partial charge in [-0.25, -0.2) is 13.1 Å². The maximum Gasteiger partial charge on any atom is 0.240 e. The SMILES string of the molecule is C[C@](O)(CNS(=O)(=O)c1cc2c3c(c1)CCN3C(=O)CC2)c1cccs1. The van der Waals surface area contributed by atoms with Crippen LogP contribution in [0.3, 0.4) is 0 Å². The molecule has 1 amide bonds. The lowest BCUT2D eigenvalue weighted by Crippen LogP contribution is -2.38. The van der Waals surface area contributed by atoms with E-state index in [0.29, 0.717) is 30.7 Å². The van der Waals surface area contributed by atoms with Crippen LogP contribution in [-0.2, 0) is 33.3 Å². The van der Waals surface area contributed by atoms with Gasteiger partial charge in [0.05, 0.1) is 10.6 Å². The third kappa shape index (κ3) is 2.96. The number of carbonyl (C=O) groups is 1. The van der Waals surface area contributed by atoms with Gasteiger partial charge in [-0.1, -0.05) is 6.07 Å². The molecule has 0 saturated carbocycles. The third-order valence-electron chi connectivity index (χ3n) is 4.99. The lowest BCUT2D eigenvalue weighted by molar-refractivity contribution is -0.118. The molecule has 1 atom stereocenters. The summed E-state index contributed by atoms with van der Waals surface area (Å²) in [6.45, 7) is 2.11. The van der Waals surface area contributed by atoms with Gasteiger partial charge in [0, 0.05) is 24.4 Å². The van der Waals surface area contributed by atoms with Gasteiger partial charge in [-0.05, 0) is 54.5 Å². The molecule has 1 aromatic carbocycles. The maximum absolute atomic E-state index is 12.8. The zero-order chi connectivity index (χ0) is 18.5. The zero-order valence-electron chi connectivity index (χ0n) is 14.4. The topological polar surface area (TPSA) is 86.7 Å². The fraction of sp³-hybridized carbons (Fsp3) is 0.389. The number of amides is 1. The number of thiophene rings is 1. The van der Waals surface area contributed by atoms with Gasteiger partial charge in [-0.3, -0.25) is 4.79 Å². The van der Waals surface area contributed by atoms with Crippen LogP contribution in [0.4, 0.5) is 5.69 Å². The Balaban J connectivity index is 1.60. The molecule has 2 aliphatic rings. The van der Waals surface area contributed by atoms with Crippen LogP contribution in [0.1, 0.15) is 29.3 Å². The second-order valence-corrected chi connectivity index (χ2v) is 9.68. The first-order valence-corrected chi connectivity index (χ1v) is 10.9. The first kappa shape index (κ1) is 17.7. The summed E-state index contributed by atoms with van der Waals surface area (Å²) in [5, 5.41) is 12.4. The highest BCUT2D eigenvalue weighted by Crippen LogP contribution is 2.38. The van der Waals surface area contributed by atoms with E-state index in [0.717, 1.165) is 16.8 Å². The van der Waals surface area contributed by atoms with Crippen molar-refractivity contribution in [2.45, 2.75) is 36.7 Å². The van der Waals surface area contributed by atoms with Crippen molar-refractivity contribution in [3.8, 4) is 0 Å². The number of carbonyl (C=O) groups excluding carboxylic acids is 1. The molecule has 0 aliphatic carbocycles. The van der Waals surface area contributed by atoms with Gasteiger partial charge in [0.1, 0.15) is 5.60 Å². The number of aliphatic hydroxyl groups is 1. The molecule has 26 heavy (non-hydrogen) atoms. The summed E-state index contributed by atoms with van der Waals surface area (Å²) in [4.78, 5) is 14.7. The van der Waals surface area contributed by atoms with E-state index in [2.05, 4.69) is 4.72 Å². The number of sulfonamides is 1. The quantitative estimate of drug-likeness (QED) is 0.812. The molecule has 4 rings (SSSR count). The highest BCUT2D eigenvalue weighted by molar-refractivity contribution is 7.89. The van der Waals surface area contributed by atoms with Crippen LogP contribution in [-0.4, -0.2) is 32.5 Å². The van der Waals surface area contributed by atoms with Crippen molar-refractivity contribution < 1.29 is 18.3 Å². The van der Waals surface area contributed by atoms with Crippen molar-refractivity contribution in [2.24, 2.45) is 0 Å². The van der Waals surface area contributed by atoms with E-state index in [4.69, 9.17) is 0 Å². The normalized spacial score (nSPS) is 18.7. The molecule has 3 heterocycles. The monoisotopic (exact) mass is 392 g/mol. The van der Waals surface area contributed by atoms with Crippen molar-refractivity contribution >= 4 is 33.0 Å². The van der Waals surface area contributed by atoms with Gasteiger partial charge in [-0.2, -0.15) is 0 Å². The summed E-state index contributed by atoms with van der Waals surface area (Å²) >= 11 is 1.38. The summed E-state index contributed by atoms with van der Waals surface area (Å²) in [5.41, 5.74) is 1.44. The molecule has 0 spiro atoms.